The Labute approximate surface area is 127 Å². The standard InChI is InChI=1S/C14H20BrN3S/c1-3-5-6-13-17-14-10(8-12(15)19-14)11(9-16)18(13)7-4-2/h8-9H,3-7,16H2,1-2H3/b11-9+. The van der Waals surface area contributed by atoms with Crippen molar-refractivity contribution in [3.8, 4) is 0 Å². The van der Waals surface area contributed by atoms with Gasteiger partial charge in [-0.3, -0.25) is 0 Å². The summed E-state index contributed by atoms with van der Waals surface area (Å²) in [5.41, 5.74) is 8.11. The summed E-state index contributed by atoms with van der Waals surface area (Å²) in [6.07, 6.45) is 6.17. The van der Waals surface area contributed by atoms with Gasteiger partial charge >= 0.3 is 0 Å². The number of aliphatic imine (C=N–C) groups is 1. The van der Waals surface area contributed by atoms with Gasteiger partial charge < -0.3 is 10.6 Å². The molecule has 0 atom stereocenters. The van der Waals surface area contributed by atoms with Crippen LogP contribution >= 0.6 is 27.3 Å². The summed E-state index contributed by atoms with van der Waals surface area (Å²) in [6.45, 7) is 5.36. The molecule has 2 heterocycles. The third-order valence-electron chi connectivity index (χ3n) is 3.15. The highest BCUT2D eigenvalue weighted by molar-refractivity contribution is 9.11. The Bertz CT molecular complexity index is 505. The smallest absolute Gasteiger partial charge is 0.128 e. The molecule has 0 unspecified atom stereocenters. The first kappa shape index (κ1) is 14.6. The van der Waals surface area contributed by atoms with Crippen molar-refractivity contribution in [2.24, 2.45) is 10.7 Å². The predicted molar refractivity (Wildman–Crippen MR) is 87.8 cm³/mol. The number of unbranched alkanes of at least 4 members (excludes halogenated alkanes) is 1. The molecule has 2 rings (SSSR count). The Morgan fingerprint density at radius 1 is 1.42 bits per heavy atom. The van der Waals surface area contributed by atoms with Gasteiger partial charge in [0.05, 0.1) is 9.48 Å². The minimum absolute atomic E-state index is 0.971. The fourth-order valence-corrected chi connectivity index (χ4v) is 3.73. The second-order valence-electron chi connectivity index (χ2n) is 4.60. The summed E-state index contributed by atoms with van der Waals surface area (Å²) < 4.78 is 1.11. The molecular weight excluding hydrogens is 322 g/mol. The first-order valence-corrected chi connectivity index (χ1v) is 8.38. The zero-order valence-corrected chi connectivity index (χ0v) is 13.9. The summed E-state index contributed by atoms with van der Waals surface area (Å²) in [5, 5.41) is 1.07. The van der Waals surface area contributed by atoms with Gasteiger partial charge in [-0.2, -0.15) is 0 Å². The van der Waals surface area contributed by atoms with Crippen LogP contribution < -0.4 is 5.73 Å². The summed E-state index contributed by atoms with van der Waals surface area (Å²) in [6, 6.07) is 2.11. The molecule has 0 bridgehead atoms. The van der Waals surface area contributed by atoms with Crippen LogP contribution in [0.25, 0.3) is 5.70 Å². The molecule has 2 N–H and O–H groups in total. The van der Waals surface area contributed by atoms with Gasteiger partial charge in [0.1, 0.15) is 10.8 Å². The van der Waals surface area contributed by atoms with Crippen molar-refractivity contribution < 1.29 is 0 Å². The number of amidine groups is 1. The maximum absolute atomic E-state index is 5.87. The van der Waals surface area contributed by atoms with Gasteiger partial charge in [0.25, 0.3) is 0 Å². The molecule has 1 aliphatic heterocycles. The minimum atomic E-state index is 0.971. The maximum atomic E-state index is 5.87. The Hall–Kier alpha value is -0.810. The SMILES string of the molecule is CCCCC1=Nc2sc(Br)cc2/C(=C\N)N1CCC. The van der Waals surface area contributed by atoms with E-state index < -0.39 is 0 Å². The van der Waals surface area contributed by atoms with Crippen molar-refractivity contribution in [3.63, 3.8) is 0 Å². The lowest BCUT2D eigenvalue weighted by Gasteiger charge is -2.31. The number of thiophene rings is 1. The van der Waals surface area contributed by atoms with Gasteiger partial charge in [0.15, 0.2) is 0 Å². The number of halogens is 1. The molecule has 1 aliphatic rings. The van der Waals surface area contributed by atoms with E-state index in [2.05, 4.69) is 40.7 Å². The molecule has 5 heteroatoms. The molecule has 104 valence electrons. The zero-order chi connectivity index (χ0) is 13.8. The molecule has 0 radical (unpaired) electrons. The minimum Gasteiger partial charge on any atom is -0.403 e. The van der Waals surface area contributed by atoms with Crippen LogP contribution in [0, 0.1) is 0 Å². The molecule has 1 aromatic rings. The van der Waals surface area contributed by atoms with E-state index in [1.807, 2.05) is 0 Å². The molecule has 1 aromatic heterocycles. The van der Waals surface area contributed by atoms with Crippen LogP contribution in [0.2, 0.25) is 0 Å². The van der Waals surface area contributed by atoms with E-state index in [1.165, 1.54) is 12.8 Å². The fraction of sp³-hybridized carbons (Fsp3) is 0.500. The molecule has 0 saturated carbocycles. The van der Waals surface area contributed by atoms with E-state index in [0.717, 1.165) is 45.3 Å². The van der Waals surface area contributed by atoms with Crippen LogP contribution in [0.3, 0.4) is 0 Å². The molecule has 0 amide bonds. The van der Waals surface area contributed by atoms with Crippen molar-refractivity contribution in [1.82, 2.24) is 4.90 Å². The topological polar surface area (TPSA) is 41.6 Å². The number of rotatable bonds is 5. The summed E-state index contributed by atoms with van der Waals surface area (Å²) in [7, 11) is 0. The average Bonchev–Trinajstić information content (AvgIpc) is 2.76. The molecule has 0 saturated heterocycles. The van der Waals surface area contributed by atoms with E-state index >= 15 is 0 Å². The van der Waals surface area contributed by atoms with Crippen molar-refractivity contribution in [2.45, 2.75) is 39.5 Å². The Morgan fingerprint density at radius 2 is 2.21 bits per heavy atom. The van der Waals surface area contributed by atoms with Gasteiger partial charge in [-0.1, -0.05) is 20.3 Å². The van der Waals surface area contributed by atoms with E-state index in [-0.39, 0.29) is 0 Å². The van der Waals surface area contributed by atoms with E-state index in [9.17, 15) is 0 Å². The quantitative estimate of drug-likeness (QED) is 0.842. The van der Waals surface area contributed by atoms with Crippen molar-refractivity contribution in [2.75, 3.05) is 6.54 Å². The largest absolute Gasteiger partial charge is 0.403 e. The fourth-order valence-electron chi connectivity index (χ4n) is 2.26. The van der Waals surface area contributed by atoms with E-state index in [1.54, 1.807) is 17.5 Å². The molecule has 19 heavy (non-hydrogen) atoms. The third-order valence-corrected chi connectivity index (χ3v) is 4.68. The Kier molecular flexibility index (Phi) is 5.05. The second kappa shape index (κ2) is 6.57. The van der Waals surface area contributed by atoms with E-state index in [4.69, 9.17) is 10.7 Å². The highest BCUT2D eigenvalue weighted by Crippen LogP contribution is 2.43. The third kappa shape index (κ3) is 3.03. The lowest BCUT2D eigenvalue weighted by molar-refractivity contribution is 0.548. The number of fused-ring (bicyclic) bond motifs is 1. The van der Waals surface area contributed by atoms with Crippen molar-refractivity contribution in [1.29, 1.82) is 0 Å². The van der Waals surface area contributed by atoms with Crippen LogP contribution in [0.15, 0.2) is 21.0 Å². The Morgan fingerprint density at radius 3 is 2.84 bits per heavy atom. The molecule has 0 aliphatic carbocycles. The van der Waals surface area contributed by atoms with Crippen LogP contribution in [-0.4, -0.2) is 17.3 Å². The highest BCUT2D eigenvalue weighted by atomic mass is 79.9. The van der Waals surface area contributed by atoms with Gasteiger partial charge in [0, 0.05) is 24.7 Å². The molecule has 0 aromatic carbocycles. The highest BCUT2D eigenvalue weighted by Gasteiger charge is 2.25. The van der Waals surface area contributed by atoms with Gasteiger partial charge in [-0.15, -0.1) is 11.3 Å². The lowest BCUT2D eigenvalue weighted by Crippen LogP contribution is -2.32. The van der Waals surface area contributed by atoms with E-state index in [0.29, 0.717) is 0 Å². The maximum Gasteiger partial charge on any atom is 0.128 e. The first-order valence-electron chi connectivity index (χ1n) is 6.78. The van der Waals surface area contributed by atoms with Crippen LogP contribution in [0.1, 0.15) is 45.1 Å². The molecule has 3 nitrogen and oxygen atoms in total. The molecular formula is C14H20BrN3S. The first-order chi connectivity index (χ1) is 9.21. The van der Waals surface area contributed by atoms with Crippen LogP contribution in [0.5, 0.6) is 0 Å². The predicted octanol–water partition coefficient (Wildman–Crippen LogP) is 4.71. The average molecular weight is 342 g/mol. The number of hydrogen-bond acceptors (Lipinski definition) is 4. The second-order valence-corrected chi connectivity index (χ2v) is 7.01. The number of hydrogen-bond donors (Lipinski definition) is 1. The lowest BCUT2D eigenvalue weighted by atomic mass is 10.1. The van der Waals surface area contributed by atoms with Crippen LogP contribution in [0.4, 0.5) is 5.00 Å². The van der Waals surface area contributed by atoms with Gasteiger partial charge in [-0.25, -0.2) is 4.99 Å². The molecule has 0 spiro atoms. The van der Waals surface area contributed by atoms with Gasteiger partial charge in [-0.05, 0) is 34.8 Å². The van der Waals surface area contributed by atoms with Crippen molar-refractivity contribution in [3.05, 3.63) is 21.6 Å². The summed E-state index contributed by atoms with van der Waals surface area (Å²) in [5.74, 6) is 1.15. The number of nitrogens with two attached hydrogens (primary N) is 1. The van der Waals surface area contributed by atoms with Crippen molar-refractivity contribution >= 4 is 43.8 Å². The van der Waals surface area contributed by atoms with Gasteiger partial charge in [0.2, 0.25) is 0 Å². The molecule has 0 fully saturated rings. The summed E-state index contributed by atoms with van der Waals surface area (Å²) >= 11 is 5.22. The zero-order valence-electron chi connectivity index (χ0n) is 11.4. The summed E-state index contributed by atoms with van der Waals surface area (Å²) in [4.78, 5) is 7.11. The monoisotopic (exact) mass is 341 g/mol. The normalized spacial score (nSPS) is 16.7. The Balaban J connectivity index is 2.41. The van der Waals surface area contributed by atoms with Crippen LogP contribution in [-0.2, 0) is 0 Å². The number of nitrogens with zero attached hydrogens (tertiary/aromatic N) is 2.